The number of hydrogen-bond acceptors (Lipinski definition) is 6. The molecular formula is C18H15ClFN5O3S. The number of amides is 2. The van der Waals surface area contributed by atoms with Crippen LogP contribution in [0.25, 0.3) is 11.4 Å². The van der Waals surface area contributed by atoms with Gasteiger partial charge in [0, 0.05) is 10.6 Å². The van der Waals surface area contributed by atoms with Gasteiger partial charge in [-0.05, 0) is 42.5 Å². The average Bonchev–Trinajstić information content (AvgIpc) is 3.20. The van der Waals surface area contributed by atoms with Gasteiger partial charge >= 0.3 is 0 Å². The Bertz CT molecular complexity index is 1030. The zero-order chi connectivity index (χ0) is 20.8. The highest BCUT2D eigenvalue weighted by Gasteiger charge is 2.14. The van der Waals surface area contributed by atoms with Crippen molar-refractivity contribution in [1.29, 1.82) is 0 Å². The second-order valence-corrected chi connectivity index (χ2v) is 6.99. The van der Waals surface area contributed by atoms with E-state index in [4.69, 9.17) is 16.3 Å². The summed E-state index contributed by atoms with van der Waals surface area (Å²) in [6.07, 6.45) is 0. The SMILES string of the molecule is COc1ccc(Cl)cc1-c1nc(SCC(=O)NNC(=O)c2ccc(F)cc2)n[nH]1. The number of nitrogens with zero attached hydrogens (tertiary/aromatic N) is 2. The van der Waals surface area contributed by atoms with Crippen molar-refractivity contribution in [2.75, 3.05) is 12.9 Å². The fourth-order valence-electron chi connectivity index (χ4n) is 2.26. The Balaban J connectivity index is 1.53. The fraction of sp³-hybridized carbons (Fsp3) is 0.111. The lowest BCUT2D eigenvalue weighted by molar-refractivity contribution is -0.119. The van der Waals surface area contributed by atoms with Crippen LogP contribution in [0.1, 0.15) is 10.4 Å². The summed E-state index contributed by atoms with van der Waals surface area (Å²) in [6.45, 7) is 0. The van der Waals surface area contributed by atoms with E-state index in [1.165, 1.54) is 19.2 Å². The van der Waals surface area contributed by atoms with Crippen molar-refractivity contribution in [3.63, 3.8) is 0 Å². The summed E-state index contributed by atoms with van der Waals surface area (Å²) in [5.41, 5.74) is 5.38. The highest BCUT2D eigenvalue weighted by molar-refractivity contribution is 7.99. The number of halogens is 2. The van der Waals surface area contributed by atoms with Gasteiger partial charge in [0.2, 0.25) is 11.1 Å². The lowest BCUT2D eigenvalue weighted by Crippen LogP contribution is -2.42. The molecule has 0 aliphatic rings. The lowest BCUT2D eigenvalue weighted by Gasteiger charge is -2.06. The number of aromatic nitrogens is 3. The predicted octanol–water partition coefficient (Wildman–Crippen LogP) is 2.83. The Hall–Kier alpha value is -3.11. The van der Waals surface area contributed by atoms with Crippen molar-refractivity contribution in [1.82, 2.24) is 26.0 Å². The summed E-state index contributed by atoms with van der Waals surface area (Å²) in [6, 6.07) is 10.0. The van der Waals surface area contributed by atoms with Gasteiger partial charge in [0.25, 0.3) is 5.91 Å². The van der Waals surface area contributed by atoms with E-state index in [1.54, 1.807) is 18.2 Å². The lowest BCUT2D eigenvalue weighted by atomic mass is 10.2. The smallest absolute Gasteiger partial charge is 0.269 e. The maximum atomic E-state index is 12.9. The molecule has 8 nitrogen and oxygen atoms in total. The molecule has 0 fully saturated rings. The van der Waals surface area contributed by atoms with E-state index in [0.717, 1.165) is 23.9 Å². The first-order valence-electron chi connectivity index (χ1n) is 8.20. The number of carbonyl (C=O) groups is 2. The molecule has 1 heterocycles. The standard InChI is InChI=1S/C18H15ClFN5O3S/c1-28-14-7-4-11(19)8-13(14)16-21-18(25-23-16)29-9-15(26)22-24-17(27)10-2-5-12(20)6-3-10/h2-8H,9H2,1H3,(H,22,26)(H,24,27)(H,21,23,25). The molecule has 2 amide bonds. The van der Waals surface area contributed by atoms with Crippen LogP contribution >= 0.6 is 23.4 Å². The molecule has 0 spiro atoms. The number of carbonyl (C=O) groups excluding carboxylic acids is 2. The summed E-state index contributed by atoms with van der Waals surface area (Å²) < 4.78 is 18.1. The zero-order valence-electron chi connectivity index (χ0n) is 15.0. The van der Waals surface area contributed by atoms with Crippen molar-refractivity contribution in [3.05, 3.63) is 58.9 Å². The summed E-state index contributed by atoms with van der Waals surface area (Å²) in [7, 11) is 1.53. The molecule has 0 bridgehead atoms. The van der Waals surface area contributed by atoms with Crippen LogP contribution in [0.5, 0.6) is 5.75 Å². The van der Waals surface area contributed by atoms with E-state index in [0.29, 0.717) is 27.3 Å². The van der Waals surface area contributed by atoms with E-state index < -0.39 is 17.6 Å². The summed E-state index contributed by atoms with van der Waals surface area (Å²) in [4.78, 5) is 28.1. The van der Waals surface area contributed by atoms with E-state index in [2.05, 4.69) is 26.0 Å². The predicted molar refractivity (Wildman–Crippen MR) is 106 cm³/mol. The molecule has 0 saturated carbocycles. The summed E-state index contributed by atoms with van der Waals surface area (Å²) >= 11 is 7.09. The van der Waals surface area contributed by atoms with Crippen LogP contribution < -0.4 is 15.6 Å². The monoisotopic (exact) mass is 435 g/mol. The quantitative estimate of drug-likeness (QED) is 0.406. The number of hydrogen-bond donors (Lipinski definition) is 3. The molecule has 0 unspecified atom stereocenters. The summed E-state index contributed by atoms with van der Waals surface area (Å²) in [5.74, 6) is -0.495. The average molecular weight is 436 g/mol. The van der Waals surface area contributed by atoms with Gasteiger partial charge in [0.1, 0.15) is 11.6 Å². The Morgan fingerprint density at radius 2 is 1.97 bits per heavy atom. The molecule has 3 rings (SSSR count). The number of benzene rings is 2. The minimum atomic E-state index is -0.559. The molecule has 3 N–H and O–H groups in total. The highest BCUT2D eigenvalue weighted by Crippen LogP contribution is 2.31. The first-order chi connectivity index (χ1) is 14.0. The third-order valence-corrected chi connectivity index (χ3v) is 4.72. The van der Waals surface area contributed by atoms with Crippen LogP contribution in [0.3, 0.4) is 0 Å². The normalized spacial score (nSPS) is 10.4. The molecule has 150 valence electrons. The number of aromatic amines is 1. The second kappa shape index (κ2) is 9.39. The van der Waals surface area contributed by atoms with Gasteiger partial charge in [-0.2, -0.15) is 0 Å². The molecule has 11 heteroatoms. The van der Waals surface area contributed by atoms with E-state index in [9.17, 15) is 14.0 Å². The Morgan fingerprint density at radius 1 is 1.21 bits per heavy atom. The van der Waals surface area contributed by atoms with Gasteiger partial charge < -0.3 is 4.74 Å². The van der Waals surface area contributed by atoms with Crippen molar-refractivity contribution in [2.24, 2.45) is 0 Å². The van der Waals surface area contributed by atoms with Crippen LogP contribution in [0, 0.1) is 5.82 Å². The minimum absolute atomic E-state index is 0.0341. The molecule has 0 atom stereocenters. The van der Waals surface area contributed by atoms with E-state index in [-0.39, 0.29) is 11.3 Å². The molecule has 3 aromatic rings. The molecule has 0 radical (unpaired) electrons. The van der Waals surface area contributed by atoms with Crippen LogP contribution in [0.15, 0.2) is 47.6 Å². The van der Waals surface area contributed by atoms with Crippen molar-refractivity contribution in [2.45, 2.75) is 5.16 Å². The Morgan fingerprint density at radius 3 is 2.69 bits per heavy atom. The van der Waals surface area contributed by atoms with Crippen molar-refractivity contribution >= 4 is 35.2 Å². The van der Waals surface area contributed by atoms with Crippen molar-refractivity contribution in [3.8, 4) is 17.1 Å². The van der Waals surface area contributed by atoms with Gasteiger partial charge in [0.05, 0.1) is 18.4 Å². The number of rotatable bonds is 6. The van der Waals surface area contributed by atoms with Crippen molar-refractivity contribution < 1.29 is 18.7 Å². The second-order valence-electron chi connectivity index (χ2n) is 5.61. The Labute approximate surface area is 174 Å². The zero-order valence-corrected chi connectivity index (χ0v) is 16.6. The Kier molecular flexibility index (Phi) is 6.68. The minimum Gasteiger partial charge on any atom is -0.496 e. The molecule has 2 aromatic carbocycles. The summed E-state index contributed by atoms with van der Waals surface area (Å²) in [5, 5.41) is 7.67. The molecule has 0 aliphatic carbocycles. The molecule has 29 heavy (non-hydrogen) atoms. The number of nitrogens with one attached hydrogen (secondary N) is 3. The van der Waals surface area contributed by atoms with Gasteiger partial charge in [-0.1, -0.05) is 23.4 Å². The van der Waals surface area contributed by atoms with Crippen LogP contribution in [0.2, 0.25) is 5.02 Å². The number of methoxy groups -OCH3 is 1. The van der Waals surface area contributed by atoms with Gasteiger partial charge in [-0.15, -0.1) is 5.10 Å². The highest BCUT2D eigenvalue weighted by atomic mass is 35.5. The van der Waals surface area contributed by atoms with Gasteiger partial charge in [0.15, 0.2) is 5.82 Å². The molecule has 0 saturated heterocycles. The van der Waals surface area contributed by atoms with Gasteiger partial charge in [-0.25, -0.2) is 9.37 Å². The number of hydrazine groups is 1. The number of ether oxygens (including phenoxy) is 1. The third-order valence-electron chi connectivity index (χ3n) is 3.64. The van der Waals surface area contributed by atoms with E-state index >= 15 is 0 Å². The largest absolute Gasteiger partial charge is 0.496 e. The maximum absolute atomic E-state index is 12.9. The maximum Gasteiger partial charge on any atom is 0.269 e. The topological polar surface area (TPSA) is 109 Å². The molecular weight excluding hydrogens is 421 g/mol. The van der Waals surface area contributed by atoms with E-state index in [1.807, 2.05) is 0 Å². The number of H-pyrrole nitrogens is 1. The van der Waals surface area contributed by atoms with Crippen LogP contribution in [-0.2, 0) is 4.79 Å². The number of thioether (sulfide) groups is 1. The van der Waals surface area contributed by atoms with Crippen LogP contribution in [-0.4, -0.2) is 39.9 Å². The third kappa shape index (κ3) is 5.46. The first-order valence-corrected chi connectivity index (χ1v) is 9.56. The molecule has 0 aliphatic heterocycles. The van der Waals surface area contributed by atoms with Gasteiger partial charge in [-0.3, -0.25) is 25.5 Å². The fourth-order valence-corrected chi connectivity index (χ4v) is 3.03. The van der Waals surface area contributed by atoms with Crippen LogP contribution in [0.4, 0.5) is 4.39 Å². The molecule has 1 aromatic heterocycles. The first kappa shape index (κ1) is 20.6.